The quantitative estimate of drug-likeness (QED) is 0.533. The summed E-state index contributed by atoms with van der Waals surface area (Å²) in [6.45, 7) is 3.95. The van der Waals surface area contributed by atoms with Crippen LogP contribution in [0.25, 0.3) is 10.9 Å². The summed E-state index contributed by atoms with van der Waals surface area (Å²) in [4.78, 5) is 20.7. The molecule has 4 rings (SSSR count). The molecule has 3 aromatic rings. The molecule has 1 aromatic carbocycles. The van der Waals surface area contributed by atoms with Crippen LogP contribution >= 0.6 is 11.6 Å². The van der Waals surface area contributed by atoms with Crippen molar-refractivity contribution in [2.24, 2.45) is 10.7 Å². The van der Waals surface area contributed by atoms with Crippen molar-refractivity contribution < 1.29 is 0 Å². The highest BCUT2D eigenvalue weighted by atomic mass is 35.5. The van der Waals surface area contributed by atoms with Gasteiger partial charge < -0.3 is 20.5 Å². The minimum Gasteiger partial charge on any atom is -0.370 e. The number of rotatable bonds is 4. The fraction of sp³-hybridized carbons (Fsp3) is 0.316. The number of piperazine rings is 1. The van der Waals surface area contributed by atoms with E-state index in [-0.39, 0.29) is 0 Å². The molecular weight excluding hydrogens is 362 g/mol. The molecular formula is C19H22ClN7. The molecule has 0 bridgehead atoms. The number of guanidine groups is 1. The van der Waals surface area contributed by atoms with Gasteiger partial charge >= 0.3 is 0 Å². The Hall–Kier alpha value is -2.80. The van der Waals surface area contributed by atoms with Crippen LogP contribution in [-0.4, -0.2) is 58.5 Å². The van der Waals surface area contributed by atoms with Crippen LogP contribution in [-0.2, 0) is 6.42 Å². The number of benzene rings is 1. The molecule has 0 radical (unpaired) electrons. The Morgan fingerprint density at radius 1 is 1.19 bits per heavy atom. The summed E-state index contributed by atoms with van der Waals surface area (Å²) >= 11 is 6.11. The summed E-state index contributed by atoms with van der Waals surface area (Å²) in [7, 11) is 0. The lowest BCUT2D eigenvalue weighted by atomic mass is 10.1. The number of hydrogen-bond acceptors (Lipinski definition) is 4. The van der Waals surface area contributed by atoms with Gasteiger partial charge in [-0.1, -0.05) is 11.6 Å². The molecule has 7 nitrogen and oxygen atoms in total. The minimum absolute atomic E-state index is 0.599. The van der Waals surface area contributed by atoms with Crippen molar-refractivity contribution in [3.63, 3.8) is 0 Å². The van der Waals surface area contributed by atoms with Gasteiger partial charge in [-0.2, -0.15) is 0 Å². The summed E-state index contributed by atoms with van der Waals surface area (Å²) in [6.07, 6.45) is 6.37. The maximum atomic E-state index is 6.21. The molecule has 1 aliphatic heterocycles. The molecule has 140 valence electrons. The second kappa shape index (κ2) is 7.84. The van der Waals surface area contributed by atoms with E-state index < -0.39 is 0 Å². The SMILES string of the molecule is NC(=NCCc1c[nH]c2ccc(Cl)cc12)N1CCN(c2ncccn2)CC1. The van der Waals surface area contributed by atoms with Crippen LogP contribution in [0.2, 0.25) is 5.02 Å². The molecule has 0 unspecified atom stereocenters. The van der Waals surface area contributed by atoms with Gasteiger partial charge in [-0.3, -0.25) is 4.99 Å². The Kier molecular flexibility index (Phi) is 5.11. The first kappa shape index (κ1) is 17.6. The maximum absolute atomic E-state index is 6.21. The van der Waals surface area contributed by atoms with E-state index >= 15 is 0 Å². The third kappa shape index (κ3) is 3.98. The number of nitrogens with two attached hydrogens (primary N) is 1. The third-order valence-electron chi connectivity index (χ3n) is 4.82. The van der Waals surface area contributed by atoms with E-state index in [0.29, 0.717) is 12.5 Å². The Morgan fingerprint density at radius 3 is 2.74 bits per heavy atom. The largest absolute Gasteiger partial charge is 0.370 e. The molecule has 0 amide bonds. The van der Waals surface area contributed by atoms with E-state index in [1.165, 1.54) is 5.56 Å². The molecule has 2 aromatic heterocycles. The molecule has 1 saturated heterocycles. The number of aromatic amines is 1. The topological polar surface area (TPSA) is 86.4 Å². The lowest BCUT2D eigenvalue weighted by Crippen LogP contribution is -2.51. The molecule has 0 atom stereocenters. The second-order valence-electron chi connectivity index (χ2n) is 6.52. The predicted molar refractivity (Wildman–Crippen MR) is 109 cm³/mol. The zero-order chi connectivity index (χ0) is 18.6. The van der Waals surface area contributed by atoms with Crippen molar-refractivity contribution >= 4 is 34.4 Å². The normalized spacial score (nSPS) is 15.5. The lowest BCUT2D eigenvalue weighted by Gasteiger charge is -2.35. The average molecular weight is 384 g/mol. The van der Waals surface area contributed by atoms with Crippen LogP contribution in [0, 0.1) is 0 Å². The number of aliphatic imine (C=N–C) groups is 1. The number of nitrogens with zero attached hydrogens (tertiary/aromatic N) is 5. The fourth-order valence-electron chi connectivity index (χ4n) is 3.34. The van der Waals surface area contributed by atoms with Crippen molar-refractivity contribution in [1.82, 2.24) is 19.9 Å². The molecule has 3 heterocycles. The smallest absolute Gasteiger partial charge is 0.225 e. The van der Waals surface area contributed by atoms with Gasteiger partial charge in [0.15, 0.2) is 5.96 Å². The van der Waals surface area contributed by atoms with Crippen molar-refractivity contribution in [3.8, 4) is 0 Å². The van der Waals surface area contributed by atoms with Crippen LogP contribution in [0.4, 0.5) is 5.95 Å². The molecule has 1 fully saturated rings. The van der Waals surface area contributed by atoms with E-state index in [1.54, 1.807) is 12.4 Å². The number of anilines is 1. The highest BCUT2D eigenvalue weighted by Crippen LogP contribution is 2.22. The number of aromatic nitrogens is 3. The van der Waals surface area contributed by atoms with Gasteiger partial charge in [-0.25, -0.2) is 9.97 Å². The van der Waals surface area contributed by atoms with Gasteiger partial charge in [0, 0.05) is 67.2 Å². The monoisotopic (exact) mass is 383 g/mol. The predicted octanol–water partition coefficient (Wildman–Crippen LogP) is 2.29. The molecule has 0 aliphatic carbocycles. The number of hydrogen-bond donors (Lipinski definition) is 2. The molecule has 3 N–H and O–H groups in total. The Bertz CT molecular complexity index is 930. The number of nitrogens with one attached hydrogen (secondary N) is 1. The first-order chi connectivity index (χ1) is 13.2. The maximum Gasteiger partial charge on any atom is 0.225 e. The Morgan fingerprint density at radius 2 is 1.96 bits per heavy atom. The van der Waals surface area contributed by atoms with Crippen LogP contribution in [0.1, 0.15) is 5.56 Å². The number of halogens is 1. The molecule has 27 heavy (non-hydrogen) atoms. The molecule has 0 spiro atoms. The van der Waals surface area contributed by atoms with Crippen LogP contribution in [0.5, 0.6) is 0 Å². The molecule has 8 heteroatoms. The molecule has 0 saturated carbocycles. The van der Waals surface area contributed by atoms with Gasteiger partial charge in [0.25, 0.3) is 0 Å². The first-order valence-corrected chi connectivity index (χ1v) is 9.41. The van der Waals surface area contributed by atoms with Crippen molar-refractivity contribution in [1.29, 1.82) is 0 Å². The summed E-state index contributed by atoms with van der Waals surface area (Å²) in [5, 5.41) is 1.89. The van der Waals surface area contributed by atoms with E-state index in [2.05, 4.69) is 29.7 Å². The van der Waals surface area contributed by atoms with Crippen LogP contribution in [0.15, 0.2) is 47.8 Å². The van der Waals surface area contributed by atoms with Gasteiger partial charge in [-0.15, -0.1) is 0 Å². The lowest BCUT2D eigenvalue weighted by molar-refractivity contribution is 0.378. The van der Waals surface area contributed by atoms with E-state index in [9.17, 15) is 0 Å². The first-order valence-electron chi connectivity index (χ1n) is 9.03. The summed E-state index contributed by atoms with van der Waals surface area (Å²) < 4.78 is 0. The van der Waals surface area contributed by atoms with Crippen molar-refractivity contribution in [2.75, 3.05) is 37.6 Å². The van der Waals surface area contributed by atoms with Gasteiger partial charge in [0.2, 0.25) is 5.95 Å². The summed E-state index contributed by atoms with van der Waals surface area (Å²) in [5.74, 6) is 1.37. The standard InChI is InChI=1S/C19H22ClN7/c20-15-2-3-17-16(12-15)14(13-25-17)4-7-22-18(21)26-8-10-27(11-9-26)19-23-5-1-6-24-19/h1-3,5-6,12-13,25H,4,7-11H2,(H2,21,22). The average Bonchev–Trinajstić information content (AvgIpc) is 3.11. The van der Waals surface area contributed by atoms with Crippen LogP contribution in [0.3, 0.4) is 0 Å². The van der Waals surface area contributed by atoms with Crippen LogP contribution < -0.4 is 10.6 Å². The second-order valence-corrected chi connectivity index (χ2v) is 6.95. The van der Waals surface area contributed by atoms with Crippen molar-refractivity contribution in [3.05, 3.63) is 53.4 Å². The Balaban J connectivity index is 1.33. The van der Waals surface area contributed by atoms with Gasteiger partial charge in [-0.05, 0) is 36.2 Å². The third-order valence-corrected chi connectivity index (χ3v) is 5.06. The van der Waals surface area contributed by atoms with Crippen molar-refractivity contribution in [2.45, 2.75) is 6.42 Å². The highest BCUT2D eigenvalue weighted by Gasteiger charge is 2.19. The molecule has 1 aliphatic rings. The van der Waals surface area contributed by atoms with E-state index in [0.717, 1.165) is 54.5 Å². The number of H-pyrrole nitrogens is 1. The summed E-state index contributed by atoms with van der Waals surface area (Å²) in [5.41, 5.74) is 8.50. The Labute approximate surface area is 162 Å². The van der Waals surface area contributed by atoms with Gasteiger partial charge in [0.05, 0.1) is 0 Å². The zero-order valence-electron chi connectivity index (χ0n) is 15.0. The van der Waals surface area contributed by atoms with E-state index in [1.807, 2.05) is 30.5 Å². The minimum atomic E-state index is 0.599. The zero-order valence-corrected chi connectivity index (χ0v) is 15.7. The van der Waals surface area contributed by atoms with E-state index in [4.69, 9.17) is 17.3 Å². The highest BCUT2D eigenvalue weighted by molar-refractivity contribution is 6.31. The fourth-order valence-corrected chi connectivity index (χ4v) is 3.51. The van der Waals surface area contributed by atoms with Gasteiger partial charge in [0.1, 0.15) is 0 Å². The number of fused-ring (bicyclic) bond motifs is 1. The summed E-state index contributed by atoms with van der Waals surface area (Å²) in [6, 6.07) is 7.70.